The van der Waals surface area contributed by atoms with Crippen LogP contribution in [0.2, 0.25) is 0 Å². The van der Waals surface area contributed by atoms with Crippen LogP contribution in [-0.2, 0) is 24.2 Å². The molecule has 4 rings (SSSR count). The average Bonchev–Trinajstić information content (AvgIpc) is 2.64. The van der Waals surface area contributed by atoms with Gasteiger partial charge < -0.3 is 4.90 Å². The Bertz CT molecular complexity index is 935. The number of aryl methyl sites for hydroxylation is 2. The summed E-state index contributed by atoms with van der Waals surface area (Å²) in [5, 5.41) is 1.04. The highest BCUT2D eigenvalue weighted by atomic mass is 16.2. The molecule has 0 unspecified atom stereocenters. The van der Waals surface area contributed by atoms with Crippen LogP contribution in [0, 0.1) is 6.92 Å². The third-order valence-corrected chi connectivity index (χ3v) is 4.80. The molecule has 0 N–H and O–H groups in total. The van der Waals surface area contributed by atoms with Gasteiger partial charge in [0.1, 0.15) is 0 Å². The molecule has 0 atom stereocenters. The number of hydrogen-bond donors (Lipinski definition) is 0. The minimum atomic E-state index is 0.221. The molecule has 0 aliphatic carbocycles. The summed E-state index contributed by atoms with van der Waals surface area (Å²) in [7, 11) is 0. The summed E-state index contributed by atoms with van der Waals surface area (Å²) in [6.45, 7) is 3.48. The standard InChI is InChI=1S/C21H21N3O/c1-15-4-2-5-16(12-15)7-8-20(25)24-11-9-19-18(14-24)13-17-6-3-10-22-21(17)23-19/h2-6,10,12-13H,7-9,11,14H2,1H3. The molecule has 0 radical (unpaired) electrons. The van der Waals surface area contributed by atoms with Crippen LogP contribution in [0.25, 0.3) is 11.0 Å². The lowest BCUT2D eigenvalue weighted by molar-refractivity contribution is -0.132. The zero-order valence-electron chi connectivity index (χ0n) is 14.4. The second-order valence-corrected chi connectivity index (χ2v) is 6.70. The third-order valence-electron chi connectivity index (χ3n) is 4.80. The number of amides is 1. The first-order valence-corrected chi connectivity index (χ1v) is 8.76. The number of aromatic nitrogens is 2. The normalized spacial score (nSPS) is 13.7. The third kappa shape index (κ3) is 3.38. The van der Waals surface area contributed by atoms with E-state index in [9.17, 15) is 4.79 Å². The molecule has 25 heavy (non-hydrogen) atoms. The van der Waals surface area contributed by atoms with E-state index in [0.29, 0.717) is 13.0 Å². The van der Waals surface area contributed by atoms with Gasteiger partial charge in [0.25, 0.3) is 0 Å². The van der Waals surface area contributed by atoms with Gasteiger partial charge in [-0.15, -0.1) is 0 Å². The zero-order valence-corrected chi connectivity index (χ0v) is 14.4. The lowest BCUT2D eigenvalue weighted by Crippen LogP contribution is -2.36. The van der Waals surface area contributed by atoms with Crippen LogP contribution in [0.1, 0.15) is 28.8 Å². The molecule has 0 saturated heterocycles. The topological polar surface area (TPSA) is 46.1 Å². The van der Waals surface area contributed by atoms with Crippen LogP contribution in [0.4, 0.5) is 0 Å². The van der Waals surface area contributed by atoms with E-state index < -0.39 is 0 Å². The van der Waals surface area contributed by atoms with Gasteiger partial charge in [-0.25, -0.2) is 9.97 Å². The summed E-state index contributed by atoms with van der Waals surface area (Å²) < 4.78 is 0. The maximum Gasteiger partial charge on any atom is 0.223 e. The molecule has 2 aromatic heterocycles. The van der Waals surface area contributed by atoms with Crippen LogP contribution in [0.5, 0.6) is 0 Å². The van der Waals surface area contributed by atoms with Crippen molar-refractivity contribution in [3.63, 3.8) is 0 Å². The number of carbonyl (C=O) groups is 1. The fraction of sp³-hybridized carbons (Fsp3) is 0.286. The van der Waals surface area contributed by atoms with Crippen LogP contribution in [0.15, 0.2) is 48.7 Å². The summed E-state index contributed by atoms with van der Waals surface area (Å²) >= 11 is 0. The molecule has 3 aromatic rings. The molecule has 3 heterocycles. The van der Waals surface area contributed by atoms with Crippen molar-refractivity contribution in [2.75, 3.05) is 6.54 Å². The van der Waals surface area contributed by atoms with Crippen LogP contribution in [-0.4, -0.2) is 27.3 Å². The van der Waals surface area contributed by atoms with Gasteiger partial charge in [0.2, 0.25) is 5.91 Å². The maximum atomic E-state index is 12.6. The van der Waals surface area contributed by atoms with Crippen LogP contribution in [0.3, 0.4) is 0 Å². The fourth-order valence-corrected chi connectivity index (χ4v) is 3.45. The van der Waals surface area contributed by atoms with E-state index in [-0.39, 0.29) is 5.91 Å². The van der Waals surface area contributed by atoms with Crippen molar-refractivity contribution in [2.45, 2.75) is 32.7 Å². The summed E-state index contributed by atoms with van der Waals surface area (Å²) in [4.78, 5) is 23.6. The van der Waals surface area contributed by atoms with E-state index in [1.165, 1.54) is 11.1 Å². The van der Waals surface area contributed by atoms with E-state index in [4.69, 9.17) is 0 Å². The Morgan fingerprint density at radius 2 is 2.12 bits per heavy atom. The predicted molar refractivity (Wildman–Crippen MR) is 98.2 cm³/mol. The predicted octanol–water partition coefficient (Wildman–Crippen LogP) is 3.46. The van der Waals surface area contributed by atoms with Crippen molar-refractivity contribution in [1.29, 1.82) is 0 Å². The van der Waals surface area contributed by atoms with Gasteiger partial charge in [0, 0.05) is 43.2 Å². The molecule has 126 valence electrons. The molecule has 0 fully saturated rings. The van der Waals surface area contributed by atoms with Gasteiger partial charge in [0.15, 0.2) is 5.65 Å². The number of rotatable bonds is 3. The molecule has 4 heteroatoms. The Morgan fingerprint density at radius 3 is 3.00 bits per heavy atom. The molecule has 1 aromatic carbocycles. The van der Waals surface area contributed by atoms with Crippen molar-refractivity contribution in [2.24, 2.45) is 0 Å². The van der Waals surface area contributed by atoms with E-state index >= 15 is 0 Å². The van der Waals surface area contributed by atoms with E-state index in [2.05, 4.69) is 47.2 Å². The summed E-state index contributed by atoms with van der Waals surface area (Å²) in [5.41, 5.74) is 5.48. The summed E-state index contributed by atoms with van der Waals surface area (Å²) in [6, 6.07) is 14.5. The minimum Gasteiger partial charge on any atom is -0.338 e. The van der Waals surface area contributed by atoms with Crippen molar-refractivity contribution in [3.8, 4) is 0 Å². The number of fused-ring (bicyclic) bond motifs is 2. The molecule has 4 nitrogen and oxygen atoms in total. The molecular weight excluding hydrogens is 310 g/mol. The Morgan fingerprint density at radius 1 is 1.20 bits per heavy atom. The molecule has 0 spiro atoms. The zero-order chi connectivity index (χ0) is 17.2. The lowest BCUT2D eigenvalue weighted by Gasteiger charge is -2.28. The number of hydrogen-bond acceptors (Lipinski definition) is 3. The van der Waals surface area contributed by atoms with Gasteiger partial charge in [0.05, 0.1) is 0 Å². The Kier molecular flexibility index (Phi) is 4.18. The van der Waals surface area contributed by atoms with Crippen LogP contribution >= 0.6 is 0 Å². The van der Waals surface area contributed by atoms with E-state index in [1.807, 2.05) is 17.0 Å². The second-order valence-electron chi connectivity index (χ2n) is 6.70. The minimum absolute atomic E-state index is 0.221. The molecule has 0 saturated carbocycles. The maximum absolute atomic E-state index is 12.6. The van der Waals surface area contributed by atoms with Gasteiger partial charge in [-0.05, 0) is 42.7 Å². The fourth-order valence-electron chi connectivity index (χ4n) is 3.45. The first-order valence-electron chi connectivity index (χ1n) is 8.76. The largest absolute Gasteiger partial charge is 0.338 e. The highest BCUT2D eigenvalue weighted by Gasteiger charge is 2.22. The lowest BCUT2D eigenvalue weighted by atomic mass is 10.0. The van der Waals surface area contributed by atoms with E-state index in [0.717, 1.165) is 41.7 Å². The van der Waals surface area contributed by atoms with Gasteiger partial charge >= 0.3 is 0 Å². The van der Waals surface area contributed by atoms with E-state index in [1.54, 1.807) is 6.20 Å². The van der Waals surface area contributed by atoms with Crippen molar-refractivity contribution >= 4 is 16.9 Å². The average molecular weight is 331 g/mol. The van der Waals surface area contributed by atoms with Crippen molar-refractivity contribution in [3.05, 3.63) is 71.0 Å². The molecule has 1 aliphatic rings. The van der Waals surface area contributed by atoms with Gasteiger partial charge in [-0.2, -0.15) is 0 Å². The first kappa shape index (κ1) is 15.8. The highest BCUT2D eigenvalue weighted by Crippen LogP contribution is 2.22. The second kappa shape index (κ2) is 6.63. The van der Waals surface area contributed by atoms with Gasteiger partial charge in [-0.1, -0.05) is 29.8 Å². The number of benzene rings is 1. The first-order chi connectivity index (χ1) is 12.2. The molecule has 1 amide bonds. The highest BCUT2D eigenvalue weighted by molar-refractivity contribution is 5.78. The molecule has 0 bridgehead atoms. The summed E-state index contributed by atoms with van der Waals surface area (Å²) in [5.74, 6) is 0.221. The Hall–Kier alpha value is -2.75. The smallest absolute Gasteiger partial charge is 0.223 e. The number of nitrogens with zero attached hydrogens (tertiary/aromatic N) is 3. The quantitative estimate of drug-likeness (QED) is 0.738. The number of pyridine rings is 2. The monoisotopic (exact) mass is 331 g/mol. The SMILES string of the molecule is Cc1cccc(CCC(=O)N2CCc3nc4ncccc4cc3C2)c1. The van der Waals surface area contributed by atoms with Crippen LogP contribution < -0.4 is 0 Å². The molecule has 1 aliphatic heterocycles. The molecular formula is C21H21N3O. The van der Waals surface area contributed by atoms with Crippen molar-refractivity contribution < 1.29 is 4.79 Å². The Labute approximate surface area is 147 Å². The Balaban J connectivity index is 1.46. The van der Waals surface area contributed by atoms with Crippen molar-refractivity contribution in [1.82, 2.24) is 14.9 Å². The number of carbonyl (C=O) groups excluding carboxylic acids is 1. The summed E-state index contributed by atoms with van der Waals surface area (Å²) in [6.07, 6.45) is 3.93. The van der Waals surface area contributed by atoms with Gasteiger partial charge in [-0.3, -0.25) is 4.79 Å².